The van der Waals surface area contributed by atoms with Gasteiger partial charge in [-0.25, -0.2) is 0 Å². The van der Waals surface area contributed by atoms with Crippen LogP contribution in [0.2, 0.25) is 0 Å². The van der Waals surface area contributed by atoms with Crippen molar-refractivity contribution in [3.63, 3.8) is 0 Å². The van der Waals surface area contributed by atoms with Crippen molar-refractivity contribution >= 4 is 17.2 Å². The van der Waals surface area contributed by atoms with E-state index in [9.17, 15) is 4.79 Å². The molecule has 4 heterocycles. The minimum absolute atomic E-state index is 0.0174. The number of hydrogen-bond acceptors (Lipinski definition) is 5. The number of carbonyl (C=O) groups is 1. The number of nitrogens with zero attached hydrogens (tertiary/aromatic N) is 1. The normalized spacial score (nSPS) is 17.6. The first kappa shape index (κ1) is 17.5. The molecule has 2 aromatic heterocycles. The Morgan fingerprint density at radius 1 is 1.21 bits per heavy atom. The topological polar surface area (TPSA) is 51.9 Å². The molecule has 1 saturated heterocycles. The highest BCUT2D eigenvalue weighted by molar-refractivity contribution is 7.17. The Hall–Kier alpha value is -2.57. The number of benzene rings is 1. The molecule has 1 atom stereocenters. The summed E-state index contributed by atoms with van der Waals surface area (Å²) in [6.45, 7) is 2.30. The Morgan fingerprint density at radius 3 is 2.96 bits per heavy atom. The number of furan rings is 1. The van der Waals surface area contributed by atoms with Gasteiger partial charge in [0.2, 0.25) is 0 Å². The van der Waals surface area contributed by atoms with E-state index in [4.69, 9.17) is 13.9 Å². The molecule has 1 fully saturated rings. The molecule has 0 N–H and O–H groups in total. The summed E-state index contributed by atoms with van der Waals surface area (Å²) in [6.07, 6.45) is 3.78. The van der Waals surface area contributed by atoms with Gasteiger partial charge in [-0.1, -0.05) is 12.1 Å². The number of ether oxygens (including phenoxy) is 2. The zero-order valence-electron chi connectivity index (χ0n) is 15.4. The molecule has 6 heteroatoms. The number of fused-ring (bicyclic) bond motifs is 3. The third kappa shape index (κ3) is 3.34. The number of amides is 1. The summed E-state index contributed by atoms with van der Waals surface area (Å²) in [7, 11) is 0. The molecule has 144 valence electrons. The number of para-hydroxylation sites is 1. The number of thiophene rings is 1. The van der Waals surface area contributed by atoms with Gasteiger partial charge in [-0.15, -0.1) is 11.3 Å². The lowest BCUT2D eigenvalue weighted by molar-refractivity contribution is 0.0495. The highest BCUT2D eigenvalue weighted by Crippen LogP contribution is 2.42. The second-order valence-corrected chi connectivity index (χ2v) is 8.20. The van der Waals surface area contributed by atoms with E-state index >= 15 is 0 Å². The van der Waals surface area contributed by atoms with Gasteiger partial charge in [0.15, 0.2) is 0 Å². The summed E-state index contributed by atoms with van der Waals surface area (Å²) < 4.78 is 17.1. The summed E-state index contributed by atoms with van der Waals surface area (Å²) in [4.78, 5) is 17.1. The van der Waals surface area contributed by atoms with E-state index in [2.05, 4.69) is 0 Å². The largest absolute Gasteiger partial charge is 0.488 e. The Morgan fingerprint density at radius 2 is 2.14 bits per heavy atom. The third-order valence-corrected chi connectivity index (χ3v) is 6.40. The summed E-state index contributed by atoms with van der Waals surface area (Å²) in [6, 6.07) is 13.7. The molecule has 28 heavy (non-hydrogen) atoms. The van der Waals surface area contributed by atoms with Crippen molar-refractivity contribution in [3.8, 4) is 16.2 Å². The van der Waals surface area contributed by atoms with Crippen LogP contribution in [0.4, 0.5) is 0 Å². The standard InChI is InChI=1S/C22H21NO4S/c24-22(23(12-16-5-3-9-25-16)13-17-6-4-10-26-17)20-11-15-14-27-19-8-2-1-7-18(19)21(15)28-20/h1-3,5,7-9,11,17H,4,6,10,12-14H2. The van der Waals surface area contributed by atoms with Crippen LogP contribution >= 0.6 is 11.3 Å². The zero-order chi connectivity index (χ0) is 18.9. The van der Waals surface area contributed by atoms with Crippen molar-refractivity contribution in [3.05, 3.63) is 64.9 Å². The first-order valence-corrected chi connectivity index (χ1v) is 10.4. The maximum absolute atomic E-state index is 13.4. The second-order valence-electron chi connectivity index (χ2n) is 7.15. The fourth-order valence-corrected chi connectivity index (χ4v) is 4.97. The van der Waals surface area contributed by atoms with E-state index in [1.807, 2.05) is 47.4 Å². The SMILES string of the molecule is O=C(c1cc2c(s1)-c1ccccc1OC2)N(Cc1ccco1)CC1CCCO1. The molecule has 5 rings (SSSR count). The maximum atomic E-state index is 13.4. The summed E-state index contributed by atoms with van der Waals surface area (Å²) >= 11 is 1.54. The van der Waals surface area contributed by atoms with Crippen molar-refractivity contribution in [2.75, 3.05) is 13.2 Å². The predicted molar refractivity (Wildman–Crippen MR) is 107 cm³/mol. The van der Waals surface area contributed by atoms with E-state index in [1.165, 1.54) is 0 Å². The molecule has 2 aliphatic rings. The molecular weight excluding hydrogens is 374 g/mol. The quantitative estimate of drug-likeness (QED) is 0.627. The van der Waals surface area contributed by atoms with E-state index in [1.54, 1.807) is 17.6 Å². The van der Waals surface area contributed by atoms with Crippen molar-refractivity contribution in [1.82, 2.24) is 4.90 Å². The lowest BCUT2D eigenvalue weighted by atomic mass is 10.1. The van der Waals surface area contributed by atoms with Crippen LogP contribution in [0.15, 0.2) is 53.1 Å². The van der Waals surface area contributed by atoms with Gasteiger partial charge in [-0.2, -0.15) is 0 Å². The average Bonchev–Trinajstić information content (AvgIpc) is 3.48. The van der Waals surface area contributed by atoms with Gasteiger partial charge in [0.1, 0.15) is 18.1 Å². The fraction of sp³-hybridized carbons (Fsp3) is 0.318. The van der Waals surface area contributed by atoms with Gasteiger partial charge in [0.25, 0.3) is 5.91 Å². The molecule has 1 unspecified atom stereocenters. The molecule has 1 aromatic carbocycles. The molecule has 0 radical (unpaired) electrons. The molecule has 0 aliphatic carbocycles. The van der Waals surface area contributed by atoms with Crippen molar-refractivity contribution in [2.24, 2.45) is 0 Å². The van der Waals surface area contributed by atoms with Crippen LogP contribution < -0.4 is 4.74 Å². The first-order chi connectivity index (χ1) is 13.8. The minimum Gasteiger partial charge on any atom is -0.488 e. The lowest BCUT2D eigenvalue weighted by Crippen LogP contribution is -2.36. The summed E-state index contributed by atoms with van der Waals surface area (Å²) in [5.41, 5.74) is 2.13. The Labute approximate surface area is 167 Å². The Bertz CT molecular complexity index is 972. The monoisotopic (exact) mass is 395 g/mol. The minimum atomic E-state index is 0.0174. The van der Waals surface area contributed by atoms with Gasteiger partial charge in [0.05, 0.1) is 23.8 Å². The van der Waals surface area contributed by atoms with Crippen LogP contribution in [0.5, 0.6) is 5.75 Å². The van der Waals surface area contributed by atoms with Crippen LogP contribution in [0, 0.1) is 0 Å². The van der Waals surface area contributed by atoms with Gasteiger partial charge in [0, 0.05) is 29.2 Å². The smallest absolute Gasteiger partial charge is 0.264 e. The molecule has 0 spiro atoms. The van der Waals surface area contributed by atoms with Gasteiger partial charge in [-0.3, -0.25) is 4.79 Å². The second kappa shape index (κ2) is 7.45. The van der Waals surface area contributed by atoms with Gasteiger partial charge >= 0.3 is 0 Å². The van der Waals surface area contributed by atoms with Crippen LogP contribution in [0.25, 0.3) is 10.4 Å². The van der Waals surface area contributed by atoms with Crippen LogP contribution in [0.3, 0.4) is 0 Å². The van der Waals surface area contributed by atoms with E-state index in [0.717, 1.165) is 51.8 Å². The maximum Gasteiger partial charge on any atom is 0.264 e. The van der Waals surface area contributed by atoms with E-state index < -0.39 is 0 Å². The third-order valence-electron chi connectivity index (χ3n) is 5.20. The van der Waals surface area contributed by atoms with Crippen molar-refractivity contribution < 1.29 is 18.7 Å². The van der Waals surface area contributed by atoms with Gasteiger partial charge < -0.3 is 18.8 Å². The Balaban J connectivity index is 1.43. The van der Waals surface area contributed by atoms with Crippen molar-refractivity contribution in [1.29, 1.82) is 0 Å². The van der Waals surface area contributed by atoms with E-state index in [0.29, 0.717) is 19.7 Å². The van der Waals surface area contributed by atoms with Crippen LogP contribution in [-0.4, -0.2) is 30.1 Å². The Kier molecular flexibility index (Phi) is 4.66. The van der Waals surface area contributed by atoms with Gasteiger partial charge in [-0.05, 0) is 43.2 Å². The number of rotatable bonds is 5. The molecule has 5 nitrogen and oxygen atoms in total. The molecule has 0 bridgehead atoms. The van der Waals surface area contributed by atoms with Crippen LogP contribution in [-0.2, 0) is 17.9 Å². The van der Waals surface area contributed by atoms with E-state index in [-0.39, 0.29) is 12.0 Å². The molecular formula is C22H21NO4S. The summed E-state index contributed by atoms with van der Waals surface area (Å²) in [5.74, 6) is 1.67. The number of carbonyl (C=O) groups excluding carboxylic acids is 1. The number of hydrogen-bond donors (Lipinski definition) is 0. The lowest BCUT2D eigenvalue weighted by Gasteiger charge is -2.24. The zero-order valence-corrected chi connectivity index (χ0v) is 16.2. The molecule has 2 aliphatic heterocycles. The predicted octanol–water partition coefficient (Wildman–Crippen LogP) is 4.72. The molecule has 1 amide bonds. The fourth-order valence-electron chi connectivity index (χ4n) is 3.80. The van der Waals surface area contributed by atoms with Crippen LogP contribution in [0.1, 0.15) is 33.8 Å². The van der Waals surface area contributed by atoms with Crippen molar-refractivity contribution in [2.45, 2.75) is 32.1 Å². The highest BCUT2D eigenvalue weighted by Gasteiger charge is 2.28. The first-order valence-electron chi connectivity index (χ1n) is 9.56. The molecule has 3 aromatic rings. The average molecular weight is 395 g/mol. The highest BCUT2D eigenvalue weighted by atomic mass is 32.1. The summed E-state index contributed by atoms with van der Waals surface area (Å²) in [5, 5.41) is 0. The molecule has 0 saturated carbocycles.